The monoisotopic (exact) mass is 310 g/mol. The Labute approximate surface area is 119 Å². The van der Waals surface area contributed by atoms with Gasteiger partial charge in [0.25, 0.3) is 5.69 Å². The SMILES string of the molecule is O=[N+]([O-])c1cccc(NCP(=O)(O)c2cccc(F)c2)c1. The Balaban J connectivity index is 2.13. The van der Waals surface area contributed by atoms with Gasteiger partial charge in [-0.15, -0.1) is 0 Å². The summed E-state index contributed by atoms with van der Waals surface area (Å²) >= 11 is 0. The second kappa shape index (κ2) is 6.03. The smallest absolute Gasteiger partial charge is 0.271 e. The lowest BCUT2D eigenvalue weighted by atomic mass is 10.3. The Morgan fingerprint density at radius 1 is 1.24 bits per heavy atom. The lowest BCUT2D eigenvalue weighted by Gasteiger charge is -2.13. The Morgan fingerprint density at radius 2 is 1.95 bits per heavy atom. The molecule has 2 rings (SSSR count). The molecule has 0 radical (unpaired) electrons. The molecule has 1 atom stereocenters. The average Bonchev–Trinajstić information content (AvgIpc) is 2.45. The van der Waals surface area contributed by atoms with Crippen molar-refractivity contribution in [2.75, 3.05) is 11.6 Å². The van der Waals surface area contributed by atoms with Crippen LogP contribution in [0.1, 0.15) is 0 Å². The molecule has 0 heterocycles. The van der Waals surface area contributed by atoms with Crippen LogP contribution in [0, 0.1) is 15.9 Å². The Bertz CT molecular complexity index is 723. The minimum atomic E-state index is -3.80. The standard InChI is InChI=1S/C13H12FN2O4P/c14-10-3-1-6-13(7-10)21(19,20)9-15-11-4-2-5-12(8-11)16(17)18/h1-8,15H,9H2,(H,19,20). The summed E-state index contributed by atoms with van der Waals surface area (Å²) in [5.74, 6) is -0.600. The average molecular weight is 310 g/mol. The van der Waals surface area contributed by atoms with Gasteiger partial charge in [-0.3, -0.25) is 14.7 Å². The van der Waals surface area contributed by atoms with Gasteiger partial charge in [0.1, 0.15) is 5.82 Å². The largest absolute Gasteiger partial charge is 0.375 e. The molecule has 0 bridgehead atoms. The lowest BCUT2D eigenvalue weighted by Crippen LogP contribution is -2.13. The predicted octanol–water partition coefficient (Wildman–Crippen LogP) is 2.70. The fourth-order valence-electron chi connectivity index (χ4n) is 1.71. The molecule has 6 nitrogen and oxygen atoms in total. The highest BCUT2D eigenvalue weighted by Gasteiger charge is 2.21. The summed E-state index contributed by atoms with van der Waals surface area (Å²) in [5.41, 5.74) is 0.216. The van der Waals surface area contributed by atoms with Gasteiger partial charge in [0, 0.05) is 23.1 Å². The third-order valence-corrected chi connectivity index (χ3v) is 4.44. The zero-order valence-electron chi connectivity index (χ0n) is 10.8. The molecule has 2 aromatic rings. The van der Waals surface area contributed by atoms with E-state index >= 15 is 0 Å². The lowest BCUT2D eigenvalue weighted by molar-refractivity contribution is -0.384. The topological polar surface area (TPSA) is 92.5 Å². The van der Waals surface area contributed by atoms with Crippen LogP contribution in [0.2, 0.25) is 0 Å². The van der Waals surface area contributed by atoms with Crippen molar-refractivity contribution in [1.82, 2.24) is 0 Å². The number of hydrogen-bond donors (Lipinski definition) is 2. The quantitative estimate of drug-likeness (QED) is 0.503. The number of nitro benzene ring substituents is 1. The Kier molecular flexibility index (Phi) is 4.35. The van der Waals surface area contributed by atoms with E-state index in [1.165, 1.54) is 36.4 Å². The third kappa shape index (κ3) is 3.87. The van der Waals surface area contributed by atoms with E-state index in [1.54, 1.807) is 6.07 Å². The van der Waals surface area contributed by atoms with Crippen LogP contribution in [0.4, 0.5) is 15.8 Å². The summed E-state index contributed by atoms with van der Waals surface area (Å²) in [6.07, 6.45) is -0.350. The van der Waals surface area contributed by atoms with Crippen LogP contribution in [0.5, 0.6) is 0 Å². The first-order chi connectivity index (χ1) is 9.88. The molecule has 21 heavy (non-hydrogen) atoms. The first-order valence-corrected chi connectivity index (χ1v) is 7.79. The van der Waals surface area contributed by atoms with E-state index in [4.69, 9.17) is 0 Å². The molecule has 0 aromatic heterocycles. The minimum absolute atomic E-state index is 0.0135. The highest BCUT2D eigenvalue weighted by Crippen LogP contribution is 2.39. The number of nitrogens with one attached hydrogen (secondary N) is 1. The predicted molar refractivity (Wildman–Crippen MR) is 77.4 cm³/mol. The van der Waals surface area contributed by atoms with Crippen molar-refractivity contribution in [2.24, 2.45) is 0 Å². The van der Waals surface area contributed by atoms with Crippen molar-refractivity contribution in [1.29, 1.82) is 0 Å². The molecule has 8 heteroatoms. The van der Waals surface area contributed by atoms with Gasteiger partial charge in [-0.1, -0.05) is 12.1 Å². The molecular formula is C13H12FN2O4P. The molecule has 1 unspecified atom stereocenters. The summed E-state index contributed by atoms with van der Waals surface area (Å²) in [6.45, 7) is 0. The fraction of sp³-hybridized carbons (Fsp3) is 0.0769. The summed E-state index contributed by atoms with van der Waals surface area (Å²) in [7, 11) is -3.80. The number of halogens is 1. The molecule has 110 valence electrons. The van der Waals surface area contributed by atoms with E-state index in [-0.39, 0.29) is 17.3 Å². The molecule has 2 aromatic carbocycles. The molecule has 0 amide bonds. The first kappa shape index (κ1) is 15.2. The normalized spacial score (nSPS) is 13.4. The number of rotatable bonds is 5. The number of non-ortho nitro benzene ring substituents is 1. The van der Waals surface area contributed by atoms with Crippen LogP contribution in [-0.4, -0.2) is 16.1 Å². The number of nitro groups is 1. The van der Waals surface area contributed by atoms with Crippen molar-refractivity contribution in [2.45, 2.75) is 0 Å². The minimum Gasteiger partial charge on any atom is -0.375 e. The summed E-state index contributed by atoms with van der Waals surface area (Å²) < 4.78 is 25.2. The maximum Gasteiger partial charge on any atom is 0.271 e. The van der Waals surface area contributed by atoms with Crippen LogP contribution < -0.4 is 10.6 Å². The van der Waals surface area contributed by atoms with Gasteiger partial charge in [0.05, 0.1) is 11.2 Å². The summed E-state index contributed by atoms with van der Waals surface area (Å²) in [5, 5.41) is 13.3. The van der Waals surface area contributed by atoms with E-state index in [0.29, 0.717) is 5.69 Å². The number of hydrogen-bond acceptors (Lipinski definition) is 4. The highest BCUT2D eigenvalue weighted by molar-refractivity contribution is 7.66. The van der Waals surface area contributed by atoms with Crippen molar-refractivity contribution in [3.8, 4) is 0 Å². The molecule has 0 aliphatic carbocycles. The molecule has 0 aliphatic heterocycles. The zero-order chi connectivity index (χ0) is 15.5. The van der Waals surface area contributed by atoms with Crippen molar-refractivity contribution in [3.63, 3.8) is 0 Å². The van der Waals surface area contributed by atoms with E-state index in [2.05, 4.69) is 5.32 Å². The van der Waals surface area contributed by atoms with Gasteiger partial charge in [-0.05, 0) is 24.3 Å². The molecule has 0 spiro atoms. The Hall–Kier alpha value is -2.24. The third-order valence-electron chi connectivity index (χ3n) is 2.77. The van der Waals surface area contributed by atoms with Gasteiger partial charge in [0.2, 0.25) is 7.37 Å². The molecule has 0 saturated carbocycles. The van der Waals surface area contributed by atoms with Crippen molar-refractivity contribution < 1.29 is 18.8 Å². The van der Waals surface area contributed by atoms with Crippen LogP contribution in [0.3, 0.4) is 0 Å². The summed E-state index contributed by atoms with van der Waals surface area (Å²) in [6, 6.07) is 10.5. The first-order valence-electron chi connectivity index (χ1n) is 5.95. The van der Waals surface area contributed by atoms with E-state index in [1.807, 2.05) is 0 Å². The van der Waals surface area contributed by atoms with Gasteiger partial charge in [-0.2, -0.15) is 0 Å². The molecule has 0 aliphatic rings. The van der Waals surface area contributed by atoms with Gasteiger partial charge >= 0.3 is 0 Å². The van der Waals surface area contributed by atoms with Crippen LogP contribution in [-0.2, 0) is 4.57 Å². The van der Waals surface area contributed by atoms with Gasteiger partial charge in [0.15, 0.2) is 0 Å². The number of nitrogens with zero attached hydrogens (tertiary/aromatic N) is 1. The van der Waals surface area contributed by atoms with E-state index in [9.17, 15) is 24.0 Å². The van der Waals surface area contributed by atoms with E-state index < -0.39 is 18.1 Å². The van der Waals surface area contributed by atoms with Crippen molar-refractivity contribution in [3.05, 3.63) is 64.5 Å². The second-order valence-corrected chi connectivity index (χ2v) is 6.56. The van der Waals surface area contributed by atoms with E-state index in [0.717, 1.165) is 6.07 Å². The second-order valence-electron chi connectivity index (χ2n) is 4.32. The maximum atomic E-state index is 13.1. The van der Waals surface area contributed by atoms with Crippen LogP contribution in [0.15, 0.2) is 48.5 Å². The fourth-order valence-corrected chi connectivity index (χ4v) is 2.94. The summed E-state index contributed by atoms with van der Waals surface area (Å²) in [4.78, 5) is 20.0. The van der Waals surface area contributed by atoms with Gasteiger partial charge in [-0.25, -0.2) is 4.39 Å². The molecule has 2 N–H and O–H groups in total. The number of benzene rings is 2. The van der Waals surface area contributed by atoms with Gasteiger partial charge < -0.3 is 10.2 Å². The highest BCUT2D eigenvalue weighted by atomic mass is 31.2. The molecule has 0 saturated heterocycles. The zero-order valence-corrected chi connectivity index (χ0v) is 11.7. The van der Waals surface area contributed by atoms with Crippen molar-refractivity contribution >= 4 is 24.0 Å². The number of anilines is 1. The molecular weight excluding hydrogens is 298 g/mol. The van der Waals surface area contributed by atoms with Crippen LogP contribution >= 0.6 is 7.37 Å². The molecule has 0 fully saturated rings. The van der Waals surface area contributed by atoms with Crippen LogP contribution in [0.25, 0.3) is 0 Å². The Morgan fingerprint density at radius 3 is 2.62 bits per heavy atom. The maximum absolute atomic E-state index is 13.1.